The number of fused-ring (bicyclic) bond motifs is 1. The van der Waals surface area contributed by atoms with Crippen LogP contribution in [0.1, 0.15) is 5.56 Å². The Morgan fingerprint density at radius 1 is 1.53 bits per heavy atom. The lowest BCUT2D eigenvalue weighted by Crippen LogP contribution is -2.32. The average Bonchev–Trinajstić information content (AvgIpc) is 2.84. The SMILES string of the molecule is CN(CC#Cc1cc(Cl)c(N)c2c1OCO2)C(N)=O. The highest BCUT2D eigenvalue weighted by Gasteiger charge is 2.22. The number of primary amides is 1. The van der Waals surface area contributed by atoms with E-state index in [1.807, 2.05) is 0 Å². The standard InChI is InChI=1S/C12H12ClN3O3/c1-16(12(15)17)4-2-3-7-5-8(13)9(14)11-10(7)18-6-19-11/h5H,4,6,14H2,1H3,(H2,15,17). The van der Waals surface area contributed by atoms with E-state index in [0.29, 0.717) is 27.8 Å². The Bertz CT molecular complexity index is 592. The number of carbonyl (C=O) groups is 1. The van der Waals surface area contributed by atoms with Crippen LogP contribution in [0.3, 0.4) is 0 Å². The normalized spacial score (nSPS) is 11.7. The lowest BCUT2D eigenvalue weighted by molar-refractivity contribution is 0.174. The van der Waals surface area contributed by atoms with Gasteiger partial charge in [0.15, 0.2) is 11.5 Å². The zero-order valence-corrected chi connectivity index (χ0v) is 11.0. The van der Waals surface area contributed by atoms with E-state index in [1.165, 1.54) is 4.90 Å². The van der Waals surface area contributed by atoms with Crippen molar-refractivity contribution >= 4 is 23.3 Å². The molecule has 4 N–H and O–H groups in total. The number of benzene rings is 1. The third-order valence-corrected chi connectivity index (χ3v) is 2.86. The molecule has 1 aliphatic heterocycles. The van der Waals surface area contributed by atoms with Crippen molar-refractivity contribution in [3.63, 3.8) is 0 Å². The van der Waals surface area contributed by atoms with Crippen LogP contribution in [0.15, 0.2) is 6.07 Å². The van der Waals surface area contributed by atoms with Gasteiger partial charge in [-0.1, -0.05) is 23.4 Å². The molecule has 1 aliphatic rings. The fourth-order valence-electron chi connectivity index (χ4n) is 1.48. The number of hydrogen-bond donors (Lipinski definition) is 2. The van der Waals surface area contributed by atoms with Gasteiger partial charge in [-0.15, -0.1) is 0 Å². The summed E-state index contributed by atoms with van der Waals surface area (Å²) in [6.07, 6.45) is 0. The Morgan fingerprint density at radius 2 is 2.21 bits per heavy atom. The minimum atomic E-state index is -0.547. The van der Waals surface area contributed by atoms with Crippen LogP contribution < -0.4 is 20.9 Å². The van der Waals surface area contributed by atoms with Gasteiger partial charge < -0.3 is 25.8 Å². The summed E-state index contributed by atoms with van der Waals surface area (Å²) in [4.78, 5) is 12.1. The molecule has 0 bridgehead atoms. The molecule has 7 heteroatoms. The third-order valence-electron chi connectivity index (χ3n) is 2.55. The van der Waals surface area contributed by atoms with Crippen molar-refractivity contribution in [2.45, 2.75) is 0 Å². The van der Waals surface area contributed by atoms with Gasteiger partial charge in [0.1, 0.15) is 0 Å². The topological polar surface area (TPSA) is 90.8 Å². The van der Waals surface area contributed by atoms with E-state index < -0.39 is 6.03 Å². The number of halogens is 1. The van der Waals surface area contributed by atoms with Crippen molar-refractivity contribution < 1.29 is 14.3 Å². The molecule has 2 amide bonds. The Kier molecular flexibility index (Phi) is 3.58. The van der Waals surface area contributed by atoms with E-state index in [4.69, 9.17) is 32.5 Å². The van der Waals surface area contributed by atoms with E-state index in [2.05, 4.69) is 11.8 Å². The second-order valence-electron chi connectivity index (χ2n) is 3.88. The molecular weight excluding hydrogens is 270 g/mol. The monoisotopic (exact) mass is 281 g/mol. The predicted octanol–water partition coefficient (Wildman–Crippen LogP) is 1.01. The summed E-state index contributed by atoms with van der Waals surface area (Å²) in [7, 11) is 1.55. The van der Waals surface area contributed by atoms with Gasteiger partial charge in [0.25, 0.3) is 0 Å². The van der Waals surface area contributed by atoms with E-state index in [-0.39, 0.29) is 13.3 Å². The molecule has 0 atom stereocenters. The highest BCUT2D eigenvalue weighted by Crippen LogP contribution is 2.44. The Morgan fingerprint density at radius 3 is 2.89 bits per heavy atom. The maximum atomic E-state index is 10.8. The number of nitrogen functional groups attached to an aromatic ring is 1. The Balaban J connectivity index is 2.27. The number of nitrogens with zero attached hydrogens (tertiary/aromatic N) is 1. The van der Waals surface area contributed by atoms with Crippen LogP contribution in [-0.2, 0) is 0 Å². The molecule has 0 saturated carbocycles. The molecule has 0 radical (unpaired) electrons. The molecule has 6 nitrogen and oxygen atoms in total. The molecule has 0 spiro atoms. The summed E-state index contributed by atoms with van der Waals surface area (Å²) >= 11 is 5.98. The van der Waals surface area contributed by atoms with Crippen molar-refractivity contribution in [1.29, 1.82) is 0 Å². The molecule has 0 unspecified atom stereocenters. The minimum Gasteiger partial charge on any atom is -0.452 e. The van der Waals surface area contributed by atoms with Crippen LogP contribution in [0.4, 0.5) is 10.5 Å². The number of nitrogens with two attached hydrogens (primary N) is 2. The highest BCUT2D eigenvalue weighted by atomic mass is 35.5. The molecule has 2 rings (SSSR count). The first kappa shape index (κ1) is 13.2. The number of urea groups is 1. The van der Waals surface area contributed by atoms with Crippen LogP contribution in [-0.4, -0.2) is 31.3 Å². The molecular formula is C12H12ClN3O3. The number of hydrogen-bond acceptors (Lipinski definition) is 4. The van der Waals surface area contributed by atoms with Crippen LogP contribution in [0, 0.1) is 11.8 Å². The Labute approximate surface area is 115 Å². The molecule has 0 saturated heterocycles. The fraction of sp³-hybridized carbons (Fsp3) is 0.250. The van der Waals surface area contributed by atoms with E-state index in [9.17, 15) is 4.79 Å². The molecule has 0 fully saturated rings. The van der Waals surface area contributed by atoms with Gasteiger partial charge in [-0.05, 0) is 6.07 Å². The largest absolute Gasteiger partial charge is 0.452 e. The lowest BCUT2D eigenvalue weighted by atomic mass is 10.1. The third kappa shape index (κ3) is 2.61. The van der Waals surface area contributed by atoms with Crippen molar-refractivity contribution in [1.82, 2.24) is 4.90 Å². The lowest BCUT2D eigenvalue weighted by Gasteiger charge is -2.08. The minimum absolute atomic E-state index is 0.0791. The molecule has 0 aliphatic carbocycles. The van der Waals surface area contributed by atoms with Gasteiger partial charge in [-0.25, -0.2) is 4.79 Å². The second kappa shape index (κ2) is 5.16. The summed E-state index contributed by atoms with van der Waals surface area (Å²) in [5.41, 5.74) is 11.7. The molecule has 1 aromatic carbocycles. The van der Waals surface area contributed by atoms with Gasteiger partial charge in [-0.3, -0.25) is 0 Å². The summed E-state index contributed by atoms with van der Waals surface area (Å²) in [5, 5.41) is 0.344. The molecule has 100 valence electrons. The first-order valence-corrected chi connectivity index (χ1v) is 5.75. The van der Waals surface area contributed by atoms with Gasteiger partial charge in [0, 0.05) is 7.05 Å². The quantitative estimate of drug-likeness (QED) is 0.594. The smallest absolute Gasteiger partial charge is 0.315 e. The number of anilines is 1. The van der Waals surface area contributed by atoms with Crippen molar-refractivity contribution in [3.05, 3.63) is 16.7 Å². The zero-order chi connectivity index (χ0) is 14.0. The average molecular weight is 282 g/mol. The number of amides is 2. The first-order valence-electron chi connectivity index (χ1n) is 5.37. The predicted molar refractivity (Wildman–Crippen MR) is 71.1 cm³/mol. The molecule has 1 aromatic rings. The van der Waals surface area contributed by atoms with Gasteiger partial charge in [0.05, 0.1) is 22.8 Å². The van der Waals surface area contributed by atoms with Gasteiger partial charge in [0.2, 0.25) is 6.79 Å². The molecule has 0 aromatic heterocycles. The summed E-state index contributed by atoms with van der Waals surface area (Å²) in [6, 6.07) is 1.05. The summed E-state index contributed by atoms with van der Waals surface area (Å²) in [6.45, 7) is 0.280. The molecule has 19 heavy (non-hydrogen) atoms. The van der Waals surface area contributed by atoms with Crippen molar-refractivity contribution in [3.8, 4) is 23.3 Å². The van der Waals surface area contributed by atoms with Gasteiger partial charge in [-0.2, -0.15) is 0 Å². The van der Waals surface area contributed by atoms with Crippen LogP contribution in [0.5, 0.6) is 11.5 Å². The van der Waals surface area contributed by atoms with Crippen LogP contribution >= 0.6 is 11.6 Å². The maximum absolute atomic E-state index is 10.8. The van der Waals surface area contributed by atoms with Crippen molar-refractivity contribution in [2.24, 2.45) is 5.73 Å². The zero-order valence-electron chi connectivity index (χ0n) is 10.2. The van der Waals surface area contributed by atoms with Crippen molar-refractivity contribution in [2.75, 3.05) is 26.1 Å². The molecule has 1 heterocycles. The first-order chi connectivity index (χ1) is 9.00. The van der Waals surface area contributed by atoms with Crippen LogP contribution in [0.25, 0.3) is 0 Å². The number of carbonyl (C=O) groups excluding carboxylic acids is 1. The van der Waals surface area contributed by atoms with Crippen LogP contribution in [0.2, 0.25) is 5.02 Å². The summed E-state index contributed by atoms with van der Waals surface area (Å²) < 4.78 is 10.5. The highest BCUT2D eigenvalue weighted by molar-refractivity contribution is 6.33. The summed E-state index contributed by atoms with van der Waals surface area (Å²) in [5.74, 6) is 6.53. The fourth-order valence-corrected chi connectivity index (χ4v) is 1.68. The van der Waals surface area contributed by atoms with E-state index in [0.717, 1.165) is 0 Å². The second-order valence-corrected chi connectivity index (χ2v) is 4.29. The number of ether oxygens (including phenoxy) is 2. The van der Waals surface area contributed by atoms with E-state index >= 15 is 0 Å². The number of rotatable bonds is 1. The van der Waals surface area contributed by atoms with E-state index in [1.54, 1.807) is 13.1 Å². The maximum Gasteiger partial charge on any atom is 0.315 e. The Hall–Kier alpha value is -2.26. The van der Waals surface area contributed by atoms with Gasteiger partial charge >= 0.3 is 6.03 Å².